The fraction of sp³-hybridized carbons (Fsp3) is 0.368. The fourth-order valence-electron chi connectivity index (χ4n) is 2.91. The van der Waals surface area contributed by atoms with Gasteiger partial charge < -0.3 is 10.1 Å². The first-order valence-electron chi connectivity index (χ1n) is 8.00. The molecule has 2 aromatic rings. The van der Waals surface area contributed by atoms with Crippen LogP contribution in [0.2, 0.25) is 5.02 Å². The molecule has 0 heterocycles. The van der Waals surface area contributed by atoms with Crippen molar-refractivity contribution >= 4 is 24.0 Å². The highest BCUT2D eigenvalue weighted by atomic mass is 35.5. The third kappa shape index (κ3) is 5.42. The van der Waals surface area contributed by atoms with Crippen LogP contribution < -0.4 is 10.1 Å². The maximum Gasteiger partial charge on any atom is 0.120 e. The number of hydrogen-bond donors (Lipinski definition) is 1. The minimum Gasteiger partial charge on any atom is -0.489 e. The molecule has 0 radical (unpaired) electrons. The number of benzene rings is 2. The van der Waals surface area contributed by atoms with Crippen LogP contribution in [-0.2, 0) is 13.2 Å². The van der Waals surface area contributed by atoms with Crippen molar-refractivity contribution < 1.29 is 4.74 Å². The van der Waals surface area contributed by atoms with Gasteiger partial charge >= 0.3 is 0 Å². The van der Waals surface area contributed by atoms with Crippen LogP contribution in [0.25, 0.3) is 0 Å². The van der Waals surface area contributed by atoms with E-state index in [1.165, 1.54) is 31.2 Å². The van der Waals surface area contributed by atoms with Crippen LogP contribution in [0.15, 0.2) is 48.5 Å². The first-order valence-corrected chi connectivity index (χ1v) is 8.37. The third-order valence-corrected chi connectivity index (χ3v) is 4.57. The van der Waals surface area contributed by atoms with Gasteiger partial charge in [-0.2, -0.15) is 0 Å². The quantitative estimate of drug-likeness (QED) is 0.754. The van der Waals surface area contributed by atoms with Gasteiger partial charge in [0.25, 0.3) is 0 Å². The lowest BCUT2D eigenvalue weighted by molar-refractivity contribution is 0.306. The molecule has 1 aliphatic rings. The summed E-state index contributed by atoms with van der Waals surface area (Å²) in [6.45, 7) is 1.41. The minimum absolute atomic E-state index is 0. The van der Waals surface area contributed by atoms with Gasteiger partial charge in [0.15, 0.2) is 0 Å². The minimum atomic E-state index is 0. The molecule has 124 valence electrons. The van der Waals surface area contributed by atoms with Gasteiger partial charge in [0, 0.05) is 23.2 Å². The molecule has 2 nitrogen and oxygen atoms in total. The Morgan fingerprint density at radius 1 is 1.04 bits per heavy atom. The summed E-state index contributed by atoms with van der Waals surface area (Å²) >= 11 is 6.15. The second kappa shape index (κ2) is 9.17. The van der Waals surface area contributed by atoms with Crippen LogP contribution >= 0.6 is 24.0 Å². The number of ether oxygens (including phenoxy) is 1. The monoisotopic (exact) mass is 351 g/mol. The van der Waals surface area contributed by atoms with Crippen molar-refractivity contribution in [1.29, 1.82) is 0 Å². The molecule has 2 aromatic carbocycles. The Hall–Kier alpha value is -1.22. The molecular formula is C19H23Cl2NO. The van der Waals surface area contributed by atoms with Crippen LogP contribution in [0, 0.1) is 0 Å². The Labute approximate surface area is 149 Å². The van der Waals surface area contributed by atoms with Gasteiger partial charge in [-0.1, -0.05) is 54.8 Å². The maximum absolute atomic E-state index is 6.15. The molecule has 3 rings (SSSR count). The van der Waals surface area contributed by atoms with Crippen molar-refractivity contribution in [2.45, 2.75) is 44.9 Å². The third-order valence-electron chi connectivity index (χ3n) is 4.20. The Morgan fingerprint density at radius 3 is 2.61 bits per heavy atom. The van der Waals surface area contributed by atoms with Crippen molar-refractivity contribution in [1.82, 2.24) is 5.32 Å². The van der Waals surface area contributed by atoms with E-state index in [4.69, 9.17) is 16.3 Å². The predicted octanol–water partition coefficient (Wildman–Crippen LogP) is 5.37. The molecule has 0 unspecified atom stereocenters. The molecule has 1 N–H and O–H groups in total. The van der Waals surface area contributed by atoms with Crippen LogP contribution in [0.3, 0.4) is 0 Å². The van der Waals surface area contributed by atoms with E-state index in [0.29, 0.717) is 12.6 Å². The molecule has 23 heavy (non-hydrogen) atoms. The van der Waals surface area contributed by atoms with E-state index in [2.05, 4.69) is 17.4 Å². The average Bonchev–Trinajstić information content (AvgIpc) is 3.06. The summed E-state index contributed by atoms with van der Waals surface area (Å²) in [5, 5.41) is 4.38. The smallest absolute Gasteiger partial charge is 0.120 e. The Kier molecular flexibility index (Phi) is 7.22. The van der Waals surface area contributed by atoms with Crippen LogP contribution in [-0.4, -0.2) is 6.04 Å². The molecule has 0 atom stereocenters. The number of rotatable bonds is 6. The fourth-order valence-corrected chi connectivity index (χ4v) is 3.10. The highest BCUT2D eigenvalue weighted by Crippen LogP contribution is 2.21. The van der Waals surface area contributed by atoms with Crippen LogP contribution in [0.4, 0.5) is 0 Å². The molecule has 0 aromatic heterocycles. The van der Waals surface area contributed by atoms with E-state index in [0.717, 1.165) is 22.9 Å². The summed E-state index contributed by atoms with van der Waals surface area (Å²) < 4.78 is 5.87. The van der Waals surface area contributed by atoms with E-state index in [1.807, 2.05) is 36.4 Å². The van der Waals surface area contributed by atoms with Crippen LogP contribution in [0.1, 0.15) is 36.8 Å². The number of hydrogen-bond acceptors (Lipinski definition) is 2. The van der Waals surface area contributed by atoms with Gasteiger partial charge in [0.2, 0.25) is 0 Å². The van der Waals surface area contributed by atoms with Crippen molar-refractivity contribution in [3.05, 3.63) is 64.7 Å². The zero-order chi connectivity index (χ0) is 15.2. The first kappa shape index (κ1) is 18.1. The molecule has 4 heteroatoms. The average molecular weight is 352 g/mol. The first-order chi connectivity index (χ1) is 10.8. The highest BCUT2D eigenvalue weighted by molar-refractivity contribution is 6.31. The highest BCUT2D eigenvalue weighted by Gasteiger charge is 2.13. The van der Waals surface area contributed by atoms with E-state index < -0.39 is 0 Å². The summed E-state index contributed by atoms with van der Waals surface area (Å²) in [4.78, 5) is 0. The molecular weight excluding hydrogens is 329 g/mol. The molecule has 0 spiro atoms. The van der Waals surface area contributed by atoms with E-state index >= 15 is 0 Å². The summed E-state index contributed by atoms with van der Waals surface area (Å²) in [6, 6.07) is 16.8. The number of halogens is 2. The van der Waals surface area contributed by atoms with Crippen molar-refractivity contribution in [2.24, 2.45) is 0 Å². The van der Waals surface area contributed by atoms with Gasteiger partial charge in [0.1, 0.15) is 12.4 Å². The van der Waals surface area contributed by atoms with Gasteiger partial charge in [-0.15, -0.1) is 12.4 Å². The van der Waals surface area contributed by atoms with Crippen molar-refractivity contribution in [3.8, 4) is 5.75 Å². The van der Waals surface area contributed by atoms with Gasteiger partial charge in [-0.05, 0) is 36.6 Å². The molecule has 1 aliphatic carbocycles. The standard InChI is InChI=1S/C19H22ClNO.ClH/c20-19-11-4-1-7-16(19)14-22-18-10-5-6-15(12-18)13-21-17-8-2-3-9-17;/h1,4-7,10-12,17,21H,2-3,8-9,13-14H2;1H. The van der Waals surface area contributed by atoms with E-state index in [-0.39, 0.29) is 12.4 Å². The summed E-state index contributed by atoms with van der Waals surface area (Å²) in [5.41, 5.74) is 2.28. The molecule has 0 bridgehead atoms. The van der Waals surface area contributed by atoms with Crippen LogP contribution in [0.5, 0.6) is 5.75 Å². The maximum atomic E-state index is 6.15. The van der Waals surface area contributed by atoms with E-state index in [9.17, 15) is 0 Å². The topological polar surface area (TPSA) is 21.3 Å². The second-order valence-electron chi connectivity index (χ2n) is 5.89. The predicted molar refractivity (Wildman–Crippen MR) is 98.6 cm³/mol. The molecule has 1 fully saturated rings. The van der Waals surface area contributed by atoms with Gasteiger partial charge in [0.05, 0.1) is 0 Å². The lowest BCUT2D eigenvalue weighted by atomic mass is 10.2. The summed E-state index contributed by atoms with van der Waals surface area (Å²) in [7, 11) is 0. The van der Waals surface area contributed by atoms with Crippen molar-refractivity contribution in [2.75, 3.05) is 0 Å². The normalized spacial score (nSPS) is 14.5. The van der Waals surface area contributed by atoms with Gasteiger partial charge in [-0.3, -0.25) is 0 Å². The Morgan fingerprint density at radius 2 is 1.83 bits per heavy atom. The van der Waals surface area contributed by atoms with Gasteiger partial charge in [-0.25, -0.2) is 0 Å². The lowest BCUT2D eigenvalue weighted by Gasteiger charge is -2.13. The zero-order valence-corrected chi connectivity index (χ0v) is 14.7. The molecule has 1 saturated carbocycles. The molecule has 0 amide bonds. The zero-order valence-electron chi connectivity index (χ0n) is 13.1. The molecule has 0 saturated heterocycles. The summed E-state index contributed by atoms with van der Waals surface area (Å²) in [6.07, 6.45) is 5.34. The lowest BCUT2D eigenvalue weighted by Crippen LogP contribution is -2.25. The molecule has 0 aliphatic heterocycles. The van der Waals surface area contributed by atoms with Crippen molar-refractivity contribution in [3.63, 3.8) is 0 Å². The number of nitrogens with one attached hydrogen (secondary N) is 1. The Bertz CT molecular complexity index is 612. The Balaban J connectivity index is 0.00000192. The summed E-state index contributed by atoms with van der Waals surface area (Å²) in [5.74, 6) is 0.894. The SMILES string of the molecule is Cl.Clc1ccccc1COc1cccc(CNC2CCCC2)c1. The van der Waals surface area contributed by atoms with E-state index in [1.54, 1.807) is 0 Å². The largest absolute Gasteiger partial charge is 0.489 e. The second-order valence-corrected chi connectivity index (χ2v) is 6.30.